The zero-order valence-corrected chi connectivity index (χ0v) is 8.20. The third-order valence-corrected chi connectivity index (χ3v) is 1.31. The van der Waals surface area contributed by atoms with Crippen molar-refractivity contribution < 1.29 is 0 Å². The molecule has 0 amide bonds. The summed E-state index contributed by atoms with van der Waals surface area (Å²) in [5, 5.41) is 3.27. The van der Waals surface area contributed by atoms with Crippen LogP contribution in [0.2, 0.25) is 0 Å². The van der Waals surface area contributed by atoms with Crippen LogP contribution in [0.3, 0.4) is 0 Å². The molecule has 0 aromatic rings. The van der Waals surface area contributed by atoms with Crippen LogP contribution < -0.4 is 5.32 Å². The van der Waals surface area contributed by atoms with Crippen LogP contribution in [0, 0.1) is 5.92 Å². The van der Waals surface area contributed by atoms with E-state index >= 15 is 0 Å². The van der Waals surface area contributed by atoms with E-state index in [4.69, 9.17) is 0 Å². The molecule has 1 fully saturated rings. The first-order valence-electron chi connectivity index (χ1n) is 4.60. The van der Waals surface area contributed by atoms with Gasteiger partial charge >= 0.3 is 0 Å². The summed E-state index contributed by atoms with van der Waals surface area (Å²) in [6, 6.07) is 0. The quantitative estimate of drug-likeness (QED) is 0.552. The molecular formula is C9H23N. The number of rotatable bonds is 0. The monoisotopic (exact) mass is 145 g/mol. The van der Waals surface area contributed by atoms with Crippen LogP contribution in [0.5, 0.6) is 0 Å². The predicted molar refractivity (Wildman–Crippen MR) is 49.3 cm³/mol. The van der Waals surface area contributed by atoms with Gasteiger partial charge in [0.1, 0.15) is 0 Å². The molecule has 0 bridgehead atoms. The maximum Gasteiger partial charge on any atom is -0.00227 e. The van der Waals surface area contributed by atoms with Crippen molar-refractivity contribution in [3.63, 3.8) is 0 Å². The predicted octanol–water partition coefficient (Wildman–Crippen LogP) is 2.67. The molecule has 0 unspecified atom stereocenters. The minimum absolute atomic E-state index is 0.935. The van der Waals surface area contributed by atoms with Crippen LogP contribution in [0.25, 0.3) is 0 Å². The first kappa shape index (κ1) is 12.6. The summed E-state index contributed by atoms with van der Waals surface area (Å²) < 4.78 is 0. The topological polar surface area (TPSA) is 12.0 Å². The molecule has 0 spiro atoms. The lowest BCUT2D eigenvalue weighted by atomic mass is 10.2. The van der Waals surface area contributed by atoms with Crippen molar-refractivity contribution in [2.24, 2.45) is 5.92 Å². The van der Waals surface area contributed by atoms with Gasteiger partial charge < -0.3 is 5.32 Å². The van der Waals surface area contributed by atoms with Crippen LogP contribution in [-0.2, 0) is 0 Å². The maximum atomic E-state index is 3.27. The second-order valence-electron chi connectivity index (χ2n) is 2.10. The molecule has 0 radical (unpaired) electrons. The Morgan fingerprint density at radius 1 is 1.10 bits per heavy atom. The Kier molecular flexibility index (Phi) is 14.8. The lowest BCUT2D eigenvalue weighted by molar-refractivity contribution is 0.651. The fourth-order valence-electron chi connectivity index (χ4n) is 0.799. The van der Waals surface area contributed by atoms with Crippen LogP contribution in [-0.4, -0.2) is 13.1 Å². The van der Waals surface area contributed by atoms with Gasteiger partial charge in [0.2, 0.25) is 0 Å². The highest BCUT2D eigenvalue weighted by atomic mass is 14.9. The smallest absolute Gasteiger partial charge is 0.00227 e. The van der Waals surface area contributed by atoms with Crippen LogP contribution in [0.15, 0.2) is 0 Å². The molecule has 1 rings (SSSR count). The second kappa shape index (κ2) is 11.7. The Hall–Kier alpha value is -0.0400. The number of hydrogen-bond donors (Lipinski definition) is 1. The molecule has 0 saturated carbocycles. The summed E-state index contributed by atoms with van der Waals surface area (Å²) in [4.78, 5) is 0. The summed E-state index contributed by atoms with van der Waals surface area (Å²) in [6.07, 6.45) is 1.38. The largest absolute Gasteiger partial charge is 0.316 e. The molecular weight excluding hydrogens is 122 g/mol. The van der Waals surface area contributed by atoms with Gasteiger partial charge in [0.25, 0.3) is 0 Å². The standard InChI is InChI=1S/C5H11N.2C2H6/c1-5-2-3-6-4-5;2*1-2/h5-6H,2-4H2,1H3;2*1-2H3/t5-;;/m1../s1. The van der Waals surface area contributed by atoms with E-state index in [9.17, 15) is 0 Å². The molecule has 1 nitrogen and oxygen atoms in total. The van der Waals surface area contributed by atoms with E-state index < -0.39 is 0 Å². The van der Waals surface area contributed by atoms with Crippen molar-refractivity contribution in [1.82, 2.24) is 5.32 Å². The van der Waals surface area contributed by atoms with Gasteiger partial charge in [0, 0.05) is 0 Å². The maximum absolute atomic E-state index is 3.27. The summed E-state index contributed by atoms with van der Waals surface area (Å²) >= 11 is 0. The van der Waals surface area contributed by atoms with Crippen molar-refractivity contribution in [3.05, 3.63) is 0 Å². The molecule has 1 atom stereocenters. The molecule has 0 aromatic heterocycles. The zero-order chi connectivity index (χ0) is 8.41. The van der Waals surface area contributed by atoms with Crippen molar-refractivity contribution in [1.29, 1.82) is 0 Å². The number of nitrogens with one attached hydrogen (secondary N) is 1. The van der Waals surface area contributed by atoms with Gasteiger partial charge in [-0.3, -0.25) is 0 Å². The molecule has 10 heavy (non-hydrogen) atoms. The van der Waals surface area contributed by atoms with Gasteiger partial charge in [-0.15, -0.1) is 0 Å². The first-order valence-corrected chi connectivity index (χ1v) is 4.60. The van der Waals surface area contributed by atoms with Crippen molar-refractivity contribution in [3.8, 4) is 0 Å². The van der Waals surface area contributed by atoms with E-state index in [0.29, 0.717) is 0 Å². The highest BCUT2D eigenvalue weighted by Gasteiger charge is 2.06. The minimum atomic E-state index is 0.935. The average Bonchev–Trinajstić information content (AvgIpc) is 2.48. The molecule has 1 aliphatic rings. The van der Waals surface area contributed by atoms with Crippen molar-refractivity contribution >= 4 is 0 Å². The summed E-state index contributed by atoms with van der Waals surface area (Å²) in [5.74, 6) is 0.935. The normalized spacial score (nSPS) is 21.9. The molecule has 64 valence electrons. The van der Waals surface area contributed by atoms with E-state index in [1.807, 2.05) is 27.7 Å². The third-order valence-electron chi connectivity index (χ3n) is 1.31. The van der Waals surface area contributed by atoms with Gasteiger partial charge in [-0.25, -0.2) is 0 Å². The van der Waals surface area contributed by atoms with Crippen LogP contribution in [0.4, 0.5) is 0 Å². The minimum Gasteiger partial charge on any atom is -0.316 e. The molecule has 0 aromatic carbocycles. The summed E-state index contributed by atoms with van der Waals surface area (Å²) in [5.41, 5.74) is 0. The van der Waals surface area contributed by atoms with E-state index in [2.05, 4.69) is 12.2 Å². The molecule has 0 aliphatic carbocycles. The van der Waals surface area contributed by atoms with Crippen molar-refractivity contribution in [2.75, 3.05) is 13.1 Å². The van der Waals surface area contributed by atoms with Gasteiger partial charge in [0.15, 0.2) is 0 Å². The van der Waals surface area contributed by atoms with Gasteiger partial charge in [0.05, 0.1) is 0 Å². The van der Waals surface area contributed by atoms with Gasteiger partial charge in [-0.05, 0) is 25.4 Å². The summed E-state index contributed by atoms with van der Waals surface area (Å²) in [7, 11) is 0. The highest BCUT2D eigenvalue weighted by molar-refractivity contribution is 4.65. The number of hydrogen-bond acceptors (Lipinski definition) is 1. The Morgan fingerprint density at radius 2 is 1.60 bits per heavy atom. The fourth-order valence-corrected chi connectivity index (χ4v) is 0.799. The molecule has 1 saturated heterocycles. The van der Waals surface area contributed by atoms with Gasteiger partial charge in [-0.2, -0.15) is 0 Å². The van der Waals surface area contributed by atoms with Gasteiger partial charge in [-0.1, -0.05) is 34.6 Å². The van der Waals surface area contributed by atoms with E-state index in [-0.39, 0.29) is 0 Å². The highest BCUT2D eigenvalue weighted by Crippen LogP contribution is 2.03. The Bertz CT molecular complexity index is 38.0. The molecule has 1 aliphatic heterocycles. The van der Waals surface area contributed by atoms with E-state index in [1.54, 1.807) is 0 Å². The van der Waals surface area contributed by atoms with Crippen LogP contribution >= 0.6 is 0 Å². The lowest BCUT2D eigenvalue weighted by Crippen LogP contribution is -2.06. The molecule has 1 heterocycles. The van der Waals surface area contributed by atoms with E-state index in [1.165, 1.54) is 19.5 Å². The second-order valence-corrected chi connectivity index (χ2v) is 2.10. The summed E-state index contributed by atoms with van der Waals surface area (Å²) in [6.45, 7) is 12.8. The van der Waals surface area contributed by atoms with Crippen molar-refractivity contribution in [2.45, 2.75) is 41.0 Å². The lowest BCUT2D eigenvalue weighted by Gasteiger charge is -1.90. The van der Waals surface area contributed by atoms with Crippen LogP contribution in [0.1, 0.15) is 41.0 Å². The Balaban J connectivity index is 0. The Labute approximate surface area is 66.2 Å². The third kappa shape index (κ3) is 7.96. The SMILES string of the molecule is CC.CC.C[C@@H]1CCNC1. The fraction of sp³-hybridized carbons (Fsp3) is 1.00. The zero-order valence-electron chi connectivity index (χ0n) is 8.20. The molecule has 1 N–H and O–H groups in total. The first-order chi connectivity index (χ1) is 4.89. The molecule has 1 heteroatoms. The van der Waals surface area contributed by atoms with E-state index in [0.717, 1.165) is 5.92 Å². The Morgan fingerprint density at radius 3 is 1.70 bits per heavy atom. The average molecular weight is 145 g/mol.